The highest BCUT2D eigenvalue weighted by Crippen LogP contribution is 2.19. The van der Waals surface area contributed by atoms with Crippen LogP contribution in [0.2, 0.25) is 0 Å². The van der Waals surface area contributed by atoms with Crippen molar-refractivity contribution < 1.29 is 9.53 Å². The van der Waals surface area contributed by atoms with Gasteiger partial charge >= 0.3 is 5.97 Å². The number of rotatable bonds is 5. The Balaban J connectivity index is 2.29. The summed E-state index contributed by atoms with van der Waals surface area (Å²) in [6, 6.07) is 3.97. The summed E-state index contributed by atoms with van der Waals surface area (Å²) in [5, 5.41) is 4.25. The normalized spacial score (nSPS) is 10.8. The summed E-state index contributed by atoms with van der Waals surface area (Å²) in [5.74, 6) is -0.206. The fraction of sp³-hybridized carbons (Fsp3) is 0.385. The molecule has 96 valence electrons. The zero-order chi connectivity index (χ0) is 13.0. The number of esters is 1. The fourth-order valence-corrected chi connectivity index (χ4v) is 2.01. The first-order valence-electron chi connectivity index (χ1n) is 5.90. The van der Waals surface area contributed by atoms with Crippen LogP contribution in [0.1, 0.15) is 12.0 Å². The second kappa shape index (κ2) is 5.64. The van der Waals surface area contributed by atoms with E-state index in [2.05, 4.69) is 15.0 Å². The molecule has 0 bridgehead atoms. The van der Waals surface area contributed by atoms with Crippen LogP contribution < -0.4 is 5.32 Å². The number of pyridine rings is 1. The molecule has 0 fully saturated rings. The van der Waals surface area contributed by atoms with Crippen LogP contribution in [-0.4, -0.2) is 29.7 Å². The molecule has 0 unspecified atom stereocenters. The number of methoxy groups -OCH3 is 1. The average molecular weight is 247 g/mol. The highest BCUT2D eigenvalue weighted by atomic mass is 16.5. The number of nitrogens with zero attached hydrogens (tertiary/aromatic N) is 2. The van der Waals surface area contributed by atoms with E-state index < -0.39 is 0 Å². The molecule has 0 aliphatic rings. The van der Waals surface area contributed by atoms with Gasteiger partial charge in [-0.2, -0.15) is 0 Å². The smallest absolute Gasteiger partial charge is 0.307 e. The summed E-state index contributed by atoms with van der Waals surface area (Å²) in [4.78, 5) is 15.6. The van der Waals surface area contributed by atoms with E-state index in [4.69, 9.17) is 0 Å². The average Bonchev–Trinajstić information content (AvgIpc) is 2.75. The van der Waals surface area contributed by atoms with Gasteiger partial charge in [-0.05, 0) is 24.7 Å². The van der Waals surface area contributed by atoms with Gasteiger partial charge in [0.15, 0.2) is 0 Å². The topological polar surface area (TPSA) is 56.2 Å². The number of aromatic nitrogens is 2. The summed E-state index contributed by atoms with van der Waals surface area (Å²) in [6.45, 7) is 1.37. The van der Waals surface area contributed by atoms with Crippen LogP contribution >= 0.6 is 0 Å². The Morgan fingerprint density at radius 1 is 1.56 bits per heavy atom. The molecule has 0 saturated carbocycles. The Hall–Kier alpha value is -1.88. The van der Waals surface area contributed by atoms with E-state index in [9.17, 15) is 4.79 Å². The largest absolute Gasteiger partial charge is 0.469 e. The summed E-state index contributed by atoms with van der Waals surface area (Å²) >= 11 is 0. The number of carbonyl (C=O) groups excluding carboxylic acids is 1. The quantitative estimate of drug-likeness (QED) is 0.810. The van der Waals surface area contributed by atoms with Gasteiger partial charge in [0.1, 0.15) is 5.65 Å². The molecule has 0 saturated heterocycles. The number of ether oxygens (including phenoxy) is 1. The molecule has 0 amide bonds. The molecule has 2 heterocycles. The highest BCUT2D eigenvalue weighted by Gasteiger charge is 2.09. The Labute approximate surface area is 106 Å². The summed E-state index contributed by atoms with van der Waals surface area (Å²) in [6.07, 6.45) is 4.16. The van der Waals surface area contributed by atoms with Gasteiger partial charge in [-0.25, -0.2) is 4.98 Å². The van der Waals surface area contributed by atoms with E-state index in [1.807, 2.05) is 29.9 Å². The van der Waals surface area contributed by atoms with Crippen LogP contribution in [0, 0.1) is 0 Å². The van der Waals surface area contributed by atoms with Gasteiger partial charge in [-0.1, -0.05) is 0 Å². The maximum atomic E-state index is 11.2. The monoisotopic (exact) mass is 247 g/mol. The zero-order valence-electron chi connectivity index (χ0n) is 10.6. The lowest BCUT2D eigenvalue weighted by atomic mass is 10.2. The number of hydrogen-bond donors (Lipinski definition) is 1. The first-order valence-corrected chi connectivity index (χ1v) is 5.90. The molecule has 2 aromatic rings. The molecule has 0 spiro atoms. The molecular weight excluding hydrogens is 230 g/mol. The molecular formula is C13H17N3O2. The molecule has 2 rings (SSSR count). The minimum atomic E-state index is -0.206. The van der Waals surface area contributed by atoms with Gasteiger partial charge < -0.3 is 14.6 Å². The lowest BCUT2D eigenvalue weighted by Crippen LogP contribution is -2.07. The Bertz CT molecular complexity index is 548. The lowest BCUT2D eigenvalue weighted by molar-refractivity contribution is -0.140. The number of carbonyl (C=O) groups is 1. The number of fused-ring (bicyclic) bond motifs is 1. The predicted molar refractivity (Wildman–Crippen MR) is 69.1 cm³/mol. The van der Waals surface area contributed by atoms with E-state index in [-0.39, 0.29) is 5.97 Å². The zero-order valence-corrected chi connectivity index (χ0v) is 10.6. The third-order valence-electron chi connectivity index (χ3n) is 2.87. The maximum absolute atomic E-state index is 11.2. The molecule has 0 aliphatic heterocycles. The summed E-state index contributed by atoms with van der Waals surface area (Å²) in [7, 11) is 3.31. The van der Waals surface area contributed by atoms with Gasteiger partial charge in [-0.3, -0.25) is 4.79 Å². The van der Waals surface area contributed by atoms with E-state index in [0.717, 1.165) is 17.6 Å². The predicted octanol–water partition coefficient (Wildman–Crippen LogP) is 1.32. The summed E-state index contributed by atoms with van der Waals surface area (Å²) < 4.78 is 6.65. The van der Waals surface area contributed by atoms with Gasteiger partial charge in [0.2, 0.25) is 0 Å². The van der Waals surface area contributed by atoms with Crippen molar-refractivity contribution in [2.24, 2.45) is 0 Å². The number of nitrogens with one attached hydrogen (secondary N) is 1. The van der Waals surface area contributed by atoms with Crippen molar-refractivity contribution in [3.63, 3.8) is 0 Å². The SMILES string of the molecule is CNCc1cn(CCC(=O)OC)c2ncccc12. The van der Waals surface area contributed by atoms with E-state index >= 15 is 0 Å². The van der Waals surface area contributed by atoms with Crippen molar-refractivity contribution in [1.82, 2.24) is 14.9 Å². The van der Waals surface area contributed by atoms with Crippen LogP contribution in [0.4, 0.5) is 0 Å². The van der Waals surface area contributed by atoms with Crippen molar-refractivity contribution in [3.8, 4) is 0 Å². The van der Waals surface area contributed by atoms with Crippen LogP contribution in [0.15, 0.2) is 24.5 Å². The van der Waals surface area contributed by atoms with E-state index in [0.29, 0.717) is 13.0 Å². The highest BCUT2D eigenvalue weighted by molar-refractivity contribution is 5.80. The van der Waals surface area contributed by atoms with Crippen molar-refractivity contribution in [2.45, 2.75) is 19.5 Å². The Morgan fingerprint density at radius 2 is 2.39 bits per heavy atom. The molecule has 0 atom stereocenters. The fourth-order valence-electron chi connectivity index (χ4n) is 2.01. The molecule has 18 heavy (non-hydrogen) atoms. The second-order valence-electron chi connectivity index (χ2n) is 4.08. The van der Waals surface area contributed by atoms with Crippen LogP contribution in [-0.2, 0) is 22.6 Å². The molecule has 0 aromatic carbocycles. The Kier molecular flexibility index (Phi) is 3.94. The van der Waals surface area contributed by atoms with Crippen LogP contribution in [0.25, 0.3) is 11.0 Å². The third kappa shape index (κ3) is 2.51. The second-order valence-corrected chi connectivity index (χ2v) is 4.08. The van der Waals surface area contributed by atoms with Gasteiger partial charge in [0.05, 0.1) is 13.5 Å². The third-order valence-corrected chi connectivity index (χ3v) is 2.87. The minimum absolute atomic E-state index is 0.206. The van der Waals surface area contributed by atoms with Crippen LogP contribution in [0.5, 0.6) is 0 Å². The maximum Gasteiger partial charge on any atom is 0.307 e. The molecule has 0 radical (unpaired) electrons. The minimum Gasteiger partial charge on any atom is -0.469 e. The van der Waals surface area contributed by atoms with Crippen molar-refractivity contribution in [2.75, 3.05) is 14.2 Å². The molecule has 0 aliphatic carbocycles. The molecule has 2 aromatic heterocycles. The van der Waals surface area contributed by atoms with E-state index in [1.54, 1.807) is 6.20 Å². The number of aryl methyl sites for hydroxylation is 1. The van der Waals surface area contributed by atoms with Gasteiger partial charge in [0, 0.05) is 30.9 Å². The molecule has 1 N–H and O–H groups in total. The Morgan fingerprint density at radius 3 is 3.11 bits per heavy atom. The van der Waals surface area contributed by atoms with Gasteiger partial charge in [-0.15, -0.1) is 0 Å². The van der Waals surface area contributed by atoms with Crippen molar-refractivity contribution in [1.29, 1.82) is 0 Å². The molecule has 5 heteroatoms. The first kappa shape index (κ1) is 12.6. The first-order chi connectivity index (χ1) is 8.76. The van der Waals surface area contributed by atoms with E-state index in [1.165, 1.54) is 12.7 Å². The lowest BCUT2D eigenvalue weighted by Gasteiger charge is -2.02. The number of hydrogen-bond acceptors (Lipinski definition) is 4. The van der Waals surface area contributed by atoms with Crippen LogP contribution in [0.3, 0.4) is 0 Å². The summed E-state index contributed by atoms with van der Waals surface area (Å²) in [5.41, 5.74) is 2.09. The standard InChI is InChI=1S/C13H17N3O2/c1-14-8-10-9-16(7-5-12(17)18-2)13-11(10)4-3-6-15-13/h3-4,6,9,14H,5,7-8H2,1-2H3. The molecule has 5 nitrogen and oxygen atoms in total. The van der Waals surface area contributed by atoms with Crippen molar-refractivity contribution >= 4 is 17.0 Å². The van der Waals surface area contributed by atoms with Gasteiger partial charge in [0.25, 0.3) is 0 Å². The van der Waals surface area contributed by atoms with Crippen molar-refractivity contribution in [3.05, 3.63) is 30.1 Å².